The second-order valence-corrected chi connectivity index (χ2v) is 3.89. The van der Waals surface area contributed by atoms with Crippen LogP contribution >= 0.6 is 11.6 Å². The Morgan fingerprint density at radius 2 is 1.82 bits per heavy atom. The van der Waals surface area contributed by atoms with Crippen molar-refractivity contribution in [2.24, 2.45) is 0 Å². The number of phenols is 1. The van der Waals surface area contributed by atoms with Crippen molar-refractivity contribution >= 4 is 17.4 Å². The Morgan fingerprint density at radius 3 is 2.47 bits per heavy atom. The second kappa shape index (κ2) is 4.55. The molecule has 2 nitrogen and oxygen atoms in total. The Kier molecular flexibility index (Phi) is 3.11. The van der Waals surface area contributed by atoms with Crippen molar-refractivity contribution in [1.82, 2.24) is 0 Å². The molecule has 0 aliphatic heterocycles. The maximum Gasteiger partial charge on any atom is 0.196 e. The van der Waals surface area contributed by atoms with E-state index in [9.17, 15) is 14.3 Å². The van der Waals surface area contributed by atoms with E-state index in [4.69, 9.17) is 11.6 Å². The number of rotatable bonds is 2. The molecule has 0 radical (unpaired) electrons. The lowest BCUT2D eigenvalue weighted by atomic mass is 10.0. The number of halogens is 2. The van der Waals surface area contributed by atoms with Crippen molar-refractivity contribution in [3.05, 3.63) is 64.4 Å². The van der Waals surface area contributed by atoms with Crippen molar-refractivity contribution in [3.8, 4) is 5.75 Å². The van der Waals surface area contributed by atoms with E-state index in [2.05, 4.69) is 0 Å². The highest BCUT2D eigenvalue weighted by molar-refractivity contribution is 6.31. The molecule has 0 unspecified atom stereocenters. The third kappa shape index (κ3) is 2.29. The first-order chi connectivity index (χ1) is 8.09. The predicted octanol–water partition coefficient (Wildman–Crippen LogP) is 3.42. The van der Waals surface area contributed by atoms with Crippen LogP contribution in [0.3, 0.4) is 0 Å². The maximum atomic E-state index is 13.0. The number of aromatic hydroxyl groups is 1. The van der Waals surface area contributed by atoms with E-state index in [1.54, 1.807) is 30.3 Å². The smallest absolute Gasteiger partial charge is 0.196 e. The van der Waals surface area contributed by atoms with Gasteiger partial charge in [0.1, 0.15) is 11.6 Å². The van der Waals surface area contributed by atoms with Crippen LogP contribution < -0.4 is 0 Å². The summed E-state index contributed by atoms with van der Waals surface area (Å²) in [6, 6.07) is 10.4. The Labute approximate surface area is 102 Å². The van der Waals surface area contributed by atoms with Gasteiger partial charge < -0.3 is 5.11 Å². The van der Waals surface area contributed by atoms with Crippen LogP contribution in [0.1, 0.15) is 15.9 Å². The lowest BCUT2D eigenvalue weighted by molar-refractivity contribution is 0.103. The van der Waals surface area contributed by atoms with Gasteiger partial charge in [0.15, 0.2) is 5.78 Å². The molecule has 86 valence electrons. The van der Waals surface area contributed by atoms with E-state index in [0.717, 1.165) is 12.1 Å². The summed E-state index contributed by atoms with van der Waals surface area (Å²) in [6.45, 7) is 0. The van der Waals surface area contributed by atoms with Gasteiger partial charge in [0.2, 0.25) is 0 Å². The van der Waals surface area contributed by atoms with Gasteiger partial charge in [0, 0.05) is 11.6 Å². The Bertz CT molecular complexity index is 567. The van der Waals surface area contributed by atoms with Crippen molar-refractivity contribution in [2.75, 3.05) is 0 Å². The zero-order chi connectivity index (χ0) is 12.4. The van der Waals surface area contributed by atoms with Crippen molar-refractivity contribution in [1.29, 1.82) is 0 Å². The predicted molar refractivity (Wildman–Crippen MR) is 62.9 cm³/mol. The number of hydrogen-bond acceptors (Lipinski definition) is 2. The molecule has 1 N–H and O–H groups in total. The van der Waals surface area contributed by atoms with Gasteiger partial charge in [0.05, 0.1) is 10.6 Å². The van der Waals surface area contributed by atoms with Gasteiger partial charge in [-0.15, -0.1) is 0 Å². The van der Waals surface area contributed by atoms with Gasteiger partial charge in [-0.2, -0.15) is 0 Å². The molecule has 17 heavy (non-hydrogen) atoms. The molecule has 2 aromatic carbocycles. The minimum absolute atomic E-state index is 0.0115. The molecule has 0 heterocycles. The summed E-state index contributed by atoms with van der Waals surface area (Å²) in [5, 5.41) is 9.34. The fourth-order valence-electron chi connectivity index (χ4n) is 1.46. The first-order valence-corrected chi connectivity index (χ1v) is 5.25. The average Bonchev–Trinajstić information content (AvgIpc) is 2.34. The van der Waals surface area contributed by atoms with Crippen LogP contribution in [0.2, 0.25) is 5.02 Å². The Balaban J connectivity index is 2.48. The molecule has 0 aliphatic rings. The van der Waals surface area contributed by atoms with E-state index in [1.807, 2.05) is 0 Å². The lowest BCUT2D eigenvalue weighted by Gasteiger charge is -2.05. The molecule has 0 spiro atoms. The number of benzene rings is 2. The summed E-state index contributed by atoms with van der Waals surface area (Å²) in [5.41, 5.74) is 0.396. The molecule has 0 saturated heterocycles. The average molecular weight is 251 g/mol. The van der Waals surface area contributed by atoms with Crippen LogP contribution in [0.4, 0.5) is 4.39 Å². The van der Waals surface area contributed by atoms with E-state index >= 15 is 0 Å². The monoisotopic (exact) mass is 250 g/mol. The summed E-state index contributed by atoms with van der Waals surface area (Å²) >= 11 is 5.58. The lowest BCUT2D eigenvalue weighted by Crippen LogP contribution is -2.02. The van der Waals surface area contributed by atoms with Crippen LogP contribution in [0.25, 0.3) is 0 Å². The van der Waals surface area contributed by atoms with Gasteiger partial charge in [-0.1, -0.05) is 41.9 Å². The Morgan fingerprint density at radius 1 is 1.18 bits per heavy atom. The molecule has 0 amide bonds. The highest BCUT2D eigenvalue weighted by Crippen LogP contribution is 2.26. The summed E-state index contributed by atoms with van der Waals surface area (Å²) in [4.78, 5) is 12.0. The van der Waals surface area contributed by atoms with Crippen LogP contribution in [0.5, 0.6) is 5.75 Å². The van der Waals surface area contributed by atoms with E-state index in [-0.39, 0.29) is 10.6 Å². The normalized spacial score (nSPS) is 10.2. The largest absolute Gasteiger partial charge is 0.507 e. The van der Waals surface area contributed by atoms with Crippen molar-refractivity contribution in [2.45, 2.75) is 0 Å². The Hall–Kier alpha value is -1.87. The second-order valence-electron chi connectivity index (χ2n) is 3.48. The van der Waals surface area contributed by atoms with Crippen LogP contribution in [-0.2, 0) is 0 Å². The SMILES string of the molecule is O=C(c1ccccc1)c1cc(Cl)c(F)cc1O. The summed E-state index contributed by atoms with van der Waals surface area (Å²) in [7, 11) is 0. The first-order valence-electron chi connectivity index (χ1n) is 4.87. The zero-order valence-corrected chi connectivity index (χ0v) is 9.41. The maximum absolute atomic E-state index is 13.0. The van der Waals surface area contributed by atoms with E-state index in [0.29, 0.717) is 5.56 Å². The summed E-state index contributed by atoms with van der Waals surface area (Å²) in [5.74, 6) is -1.57. The van der Waals surface area contributed by atoms with Crippen LogP contribution in [-0.4, -0.2) is 10.9 Å². The highest BCUT2D eigenvalue weighted by Gasteiger charge is 2.16. The minimum Gasteiger partial charge on any atom is -0.507 e. The van der Waals surface area contributed by atoms with Crippen molar-refractivity contribution in [3.63, 3.8) is 0 Å². The van der Waals surface area contributed by atoms with Crippen molar-refractivity contribution < 1.29 is 14.3 Å². The minimum atomic E-state index is -0.756. The molecule has 0 aromatic heterocycles. The van der Waals surface area contributed by atoms with Gasteiger partial charge in [-0.25, -0.2) is 4.39 Å². The first kappa shape index (κ1) is 11.6. The fourth-order valence-corrected chi connectivity index (χ4v) is 1.63. The molecule has 4 heteroatoms. The van der Waals surface area contributed by atoms with Gasteiger partial charge in [-0.05, 0) is 6.07 Å². The molecule has 0 saturated carbocycles. The molecular weight excluding hydrogens is 243 g/mol. The quantitative estimate of drug-likeness (QED) is 0.830. The molecule has 2 rings (SSSR count). The summed E-state index contributed by atoms with van der Waals surface area (Å²) in [6.07, 6.45) is 0. The molecule has 0 fully saturated rings. The number of carbonyl (C=O) groups is 1. The number of carbonyl (C=O) groups excluding carboxylic acids is 1. The van der Waals surface area contributed by atoms with E-state index < -0.39 is 17.3 Å². The van der Waals surface area contributed by atoms with E-state index in [1.165, 1.54) is 0 Å². The molecule has 0 aliphatic carbocycles. The molecule has 0 atom stereocenters. The standard InChI is InChI=1S/C13H8ClFO2/c14-10-6-9(12(16)7-11(10)15)13(17)8-4-2-1-3-5-8/h1-7,16H. The van der Waals surface area contributed by atoms with Gasteiger partial charge >= 0.3 is 0 Å². The highest BCUT2D eigenvalue weighted by atomic mass is 35.5. The number of phenolic OH excluding ortho intramolecular Hbond substituents is 1. The van der Waals surface area contributed by atoms with Gasteiger partial charge in [0.25, 0.3) is 0 Å². The fraction of sp³-hybridized carbons (Fsp3) is 0. The topological polar surface area (TPSA) is 37.3 Å². The summed E-state index contributed by atoms with van der Waals surface area (Å²) < 4.78 is 13.0. The molecule has 2 aromatic rings. The van der Waals surface area contributed by atoms with Gasteiger partial charge in [-0.3, -0.25) is 4.79 Å². The zero-order valence-electron chi connectivity index (χ0n) is 8.65. The third-order valence-electron chi connectivity index (χ3n) is 2.32. The van der Waals surface area contributed by atoms with Crippen LogP contribution in [0.15, 0.2) is 42.5 Å². The number of hydrogen-bond donors (Lipinski definition) is 1. The molecule has 0 bridgehead atoms. The third-order valence-corrected chi connectivity index (χ3v) is 2.61. The van der Waals surface area contributed by atoms with Crippen LogP contribution in [0, 0.1) is 5.82 Å². The number of ketones is 1. The molecular formula is C13H8ClFO2.